The molecule has 0 radical (unpaired) electrons. The van der Waals surface area contributed by atoms with E-state index in [0.29, 0.717) is 5.56 Å². The zero-order chi connectivity index (χ0) is 18.5. The maximum Gasteiger partial charge on any atom is 0.251 e. The van der Waals surface area contributed by atoms with Gasteiger partial charge in [0.25, 0.3) is 5.91 Å². The second kappa shape index (κ2) is 8.21. The summed E-state index contributed by atoms with van der Waals surface area (Å²) in [5.41, 5.74) is 3.89. The Bertz CT molecular complexity index is 752. The Labute approximate surface area is 154 Å². The smallest absolute Gasteiger partial charge is 0.251 e. The van der Waals surface area contributed by atoms with Crippen LogP contribution in [0.1, 0.15) is 53.8 Å². The van der Waals surface area contributed by atoms with E-state index in [4.69, 9.17) is 0 Å². The molecule has 1 aliphatic rings. The van der Waals surface area contributed by atoms with Crippen molar-refractivity contribution in [2.75, 3.05) is 6.54 Å². The van der Waals surface area contributed by atoms with Gasteiger partial charge in [-0.25, -0.2) is 0 Å². The third-order valence-electron chi connectivity index (χ3n) is 5.04. The van der Waals surface area contributed by atoms with Crippen LogP contribution in [0.15, 0.2) is 36.4 Å². The number of nitrogens with one attached hydrogen (secondary N) is 2. The van der Waals surface area contributed by atoms with Crippen molar-refractivity contribution >= 4 is 11.8 Å². The third-order valence-corrected chi connectivity index (χ3v) is 5.04. The molecule has 1 aromatic carbocycles. The second-order valence-corrected chi connectivity index (χ2v) is 7.08. The zero-order valence-corrected chi connectivity index (χ0v) is 15.5. The maximum atomic E-state index is 12.3. The minimum Gasteiger partial charge on any atom is -0.352 e. The number of benzene rings is 1. The number of rotatable bonds is 5. The highest BCUT2D eigenvalue weighted by atomic mass is 16.2. The van der Waals surface area contributed by atoms with Gasteiger partial charge in [0, 0.05) is 28.7 Å². The first-order valence-corrected chi connectivity index (χ1v) is 9.37. The van der Waals surface area contributed by atoms with Gasteiger partial charge in [0.2, 0.25) is 5.91 Å². The molecule has 1 fully saturated rings. The van der Waals surface area contributed by atoms with E-state index in [0.717, 1.165) is 29.9 Å². The van der Waals surface area contributed by atoms with Crippen LogP contribution in [-0.4, -0.2) is 29.0 Å². The number of nitrogens with zero attached hydrogens (tertiary/aromatic N) is 1. The SMILES string of the molecule is Cc1ccc(C)n1-c1ccc(C(=O)NCC(=O)NC2CCCCC2)cc1. The van der Waals surface area contributed by atoms with E-state index in [1.807, 2.05) is 12.1 Å². The molecule has 138 valence electrons. The highest BCUT2D eigenvalue weighted by Gasteiger charge is 2.16. The van der Waals surface area contributed by atoms with Gasteiger partial charge in [0.05, 0.1) is 6.54 Å². The molecule has 5 nitrogen and oxygen atoms in total. The van der Waals surface area contributed by atoms with Crippen molar-refractivity contribution in [3.63, 3.8) is 0 Å². The molecule has 0 aliphatic heterocycles. The number of carbonyl (C=O) groups excluding carboxylic acids is 2. The standard InChI is InChI=1S/C21H27N3O2/c1-15-8-9-16(2)24(15)19-12-10-17(11-13-19)21(26)22-14-20(25)23-18-6-4-3-5-7-18/h8-13,18H,3-7,14H2,1-2H3,(H,22,26)(H,23,25). The Morgan fingerprint density at radius 1 is 0.962 bits per heavy atom. The van der Waals surface area contributed by atoms with Crippen molar-refractivity contribution in [1.82, 2.24) is 15.2 Å². The monoisotopic (exact) mass is 353 g/mol. The quantitative estimate of drug-likeness (QED) is 0.866. The summed E-state index contributed by atoms with van der Waals surface area (Å²) < 4.78 is 2.14. The first-order chi connectivity index (χ1) is 12.5. The second-order valence-electron chi connectivity index (χ2n) is 7.08. The Kier molecular flexibility index (Phi) is 5.76. The highest BCUT2D eigenvalue weighted by molar-refractivity contribution is 5.96. The molecular weight excluding hydrogens is 326 g/mol. The van der Waals surface area contributed by atoms with Crippen LogP contribution in [0.2, 0.25) is 0 Å². The molecule has 1 aliphatic carbocycles. The lowest BCUT2D eigenvalue weighted by Gasteiger charge is -2.22. The largest absolute Gasteiger partial charge is 0.352 e. The van der Waals surface area contributed by atoms with Crippen LogP contribution in [0.4, 0.5) is 0 Å². The lowest BCUT2D eigenvalue weighted by Crippen LogP contribution is -2.42. The van der Waals surface area contributed by atoms with Crippen molar-refractivity contribution < 1.29 is 9.59 Å². The Hall–Kier alpha value is -2.56. The normalized spacial score (nSPS) is 14.8. The van der Waals surface area contributed by atoms with Crippen molar-refractivity contribution in [2.45, 2.75) is 52.0 Å². The molecule has 26 heavy (non-hydrogen) atoms. The molecule has 2 amide bonds. The minimum atomic E-state index is -0.226. The van der Waals surface area contributed by atoms with E-state index in [9.17, 15) is 9.59 Å². The van der Waals surface area contributed by atoms with Crippen molar-refractivity contribution in [1.29, 1.82) is 0 Å². The van der Waals surface area contributed by atoms with Crippen LogP contribution < -0.4 is 10.6 Å². The van der Waals surface area contributed by atoms with Gasteiger partial charge in [-0.2, -0.15) is 0 Å². The van der Waals surface area contributed by atoms with Gasteiger partial charge in [0.1, 0.15) is 0 Å². The zero-order valence-electron chi connectivity index (χ0n) is 15.5. The van der Waals surface area contributed by atoms with E-state index in [2.05, 4.69) is 41.2 Å². The molecule has 0 bridgehead atoms. The summed E-state index contributed by atoms with van der Waals surface area (Å²) in [6, 6.07) is 11.8. The van der Waals surface area contributed by atoms with Gasteiger partial charge in [-0.1, -0.05) is 19.3 Å². The van der Waals surface area contributed by atoms with Gasteiger partial charge >= 0.3 is 0 Å². The molecule has 3 rings (SSSR count). The molecular formula is C21H27N3O2. The molecule has 2 aromatic rings. The first kappa shape index (κ1) is 18.2. The average molecular weight is 353 g/mol. The summed E-state index contributed by atoms with van der Waals surface area (Å²) in [7, 11) is 0. The van der Waals surface area contributed by atoms with Gasteiger partial charge in [-0.3, -0.25) is 9.59 Å². The first-order valence-electron chi connectivity index (χ1n) is 9.37. The fourth-order valence-corrected chi connectivity index (χ4v) is 3.63. The van der Waals surface area contributed by atoms with Crippen LogP contribution in [-0.2, 0) is 4.79 Å². The Morgan fingerprint density at radius 3 is 2.19 bits per heavy atom. The van der Waals surface area contributed by atoms with Gasteiger partial charge < -0.3 is 15.2 Å². The number of aryl methyl sites for hydroxylation is 2. The summed E-state index contributed by atoms with van der Waals surface area (Å²) in [6.07, 6.45) is 5.67. The topological polar surface area (TPSA) is 63.1 Å². The molecule has 0 atom stereocenters. The van der Waals surface area contributed by atoms with Gasteiger partial charge in [-0.05, 0) is 63.1 Å². The van der Waals surface area contributed by atoms with Crippen LogP contribution >= 0.6 is 0 Å². The number of hydrogen-bond acceptors (Lipinski definition) is 2. The fourth-order valence-electron chi connectivity index (χ4n) is 3.63. The Balaban J connectivity index is 1.54. The van der Waals surface area contributed by atoms with Crippen molar-refractivity contribution in [3.05, 3.63) is 53.3 Å². The molecule has 0 saturated heterocycles. The number of amides is 2. The van der Waals surface area contributed by atoms with E-state index >= 15 is 0 Å². The summed E-state index contributed by atoms with van der Waals surface area (Å²) in [6.45, 7) is 4.13. The van der Waals surface area contributed by atoms with Crippen LogP contribution in [0.25, 0.3) is 5.69 Å². The van der Waals surface area contributed by atoms with Crippen LogP contribution in [0.5, 0.6) is 0 Å². The molecule has 1 saturated carbocycles. The summed E-state index contributed by atoms with van der Waals surface area (Å²) >= 11 is 0. The molecule has 2 N–H and O–H groups in total. The minimum absolute atomic E-state index is 0.0207. The maximum absolute atomic E-state index is 12.3. The Morgan fingerprint density at radius 2 is 1.58 bits per heavy atom. The van der Waals surface area contributed by atoms with E-state index in [1.54, 1.807) is 12.1 Å². The lowest BCUT2D eigenvalue weighted by atomic mass is 9.95. The highest BCUT2D eigenvalue weighted by Crippen LogP contribution is 2.18. The molecule has 5 heteroatoms. The lowest BCUT2D eigenvalue weighted by molar-refractivity contribution is -0.121. The van der Waals surface area contributed by atoms with Crippen LogP contribution in [0.3, 0.4) is 0 Å². The summed E-state index contributed by atoms with van der Waals surface area (Å²) in [5, 5.41) is 5.72. The molecule has 1 aromatic heterocycles. The van der Waals surface area contributed by atoms with Crippen LogP contribution in [0, 0.1) is 13.8 Å². The average Bonchev–Trinajstić information content (AvgIpc) is 2.99. The predicted molar refractivity (Wildman–Crippen MR) is 103 cm³/mol. The summed E-state index contributed by atoms with van der Waals surface area (Å²) in [5.74, 6) is -0.336. The van der Waals surface area contributed by atoms with Gasteiger partial charge in [-0.15, -0.1) is 0 Å². The third kappa shape index (κ3) is 4.34. The van der Waals surface area contributed by atoms with Gasteiger partial charge in [0.15, 0.2) is 0 Å². The molecule has 0 spiro atoms. The number of aromatic nitrogens is 1. The van der Waals surface area contributed by atoms with Crippen molar-refractivity contribution in [2.24, 2.45) is 0 Å². The fraction of sp³-hybridized carbons (Fsp3) is 0.429. The number of hydrogen-bond donors (Lipinski definition) is 2. The van der Waals surface area contributed by atoms with E-state index in [1.165, 1.54) is 19.3 Å². The van der Waals surface area contributed by atoms with Crippen molar-refractivity contribution in [3.8, 4) is 5.69 Å². The van der Waals surface area contributed by atoms with E-state index < -0.39 is 0 Å². The summed E-state index contributed by atoms with van der Waals surface area (Å²) in [4.78, 5) is 24.3. The molecule has 1 heterocycles. The number of carbonyl (C=O) groups is 2. The van der Waals surface area contributed by atoms with E-state index in [-0.39, 0.29) is 24.4 Å². The predicted octanol–water partition coefficient (Wildman–Crippen LogP) is 3.27. The molecule has 0 unspecified atom stereocenters.